The molecule has 0 aliphatic rings. The lowest BCUT2D eigenvalue weighted by atomic mass is 10.2. The van der Waals surface area contributed by atoms with Gasteiger partial charge in [0, 0.05) is 11.8 Å². The van der Waals surface area contributed by atoms with Crippen LogP contribution in [-0.2, 0) is 0 Å². The Morgan fingerprint density at radius 1 is 1.35 bits per heavy atom. The van der Waals surface area contributed by atoms with E-state index < -0.39 is 4.92 Å². The van der Waals surface area contributed by atoms with Crippen molar-refractivity contribution >= 4 is 11.5 Å². The minimum Gasteiger partial charge on any atom is -0.448 e. The zero-order chi connectivity index (χ0) is 14.7. The van der Waals surface area contributed by atoms with E-state index >= 15 is 0 Å². The molecule has 1 aromatic heterocycles. The Balaban J connectivity index is 2.49. The van der Waals surface area contributed by atoms with Crippen LogP contribution in [-0.4, -0.2) is 15.7 Å². The molecule has 102 valence electrons. The maximum absolute atomic E-state index is 11.1. The van der Waals surface area contributed by atoms with Gasteiger partial charge in [-0.3, -0.25) is 15.5 Å². The summed E-state index contributed by atoms with van der Waals surface area (Å²) in [6.07, 6.45) is 1.47. The predicted octanol–water partition coefficient (Wildman–Crippen LogP) is 2.37. The quantitative estimate of drug-likeness (QED) is 0.383. The summed E-state index contributed by atoms with van der Waals surface area (Å²) in [5.41, 5.74) is 5.91. The molecule has 20 heavy (non-hydrogen) atoms. The van der Waals surface area contributed by atoms with Crippen LogP contribution in [0, 0.1) is 22.4 Å². The Hall–Kier alpha value is -2.96. The summed E-state index contributed by atoms with van der Waals surface area (Å²) >= 11 is 0. The van der Waals surface area contributed by atoms with Gasteiger partial charge in [-0.15, -0.1) is 0 Å². The Morgan fingerprint density at radius 2 is 2.05 bits per heavy atom. The third-order valence-corrected chi connectivity index (χ3v) is 2.63. The highest BCUT2D eigenvalue weighted by atomic mass is 16.6. The Labute approximate surface area is 114 Å². The lowest BCUT2D eigenvalue weighted by Crippen LogP contribution is -2.14. The molecule has 1 heterocycles. The largest absolute Gasteiger partial charge is 0.448 e. The summed E-state index contributed by atoms with van der Waals surface area (Å²) in [4.78, 5) is 14.5. The minimum atomic E-state index is -0.505. The maximum Gasteiger partial charge on any atom is 0.314 e. The number of nitrogens with one attached hydrogen (secondary N) is 1. The highest BCUT2D eigenvalue weighted by Gasteiger charge is 2.20. The predicted molar refractivity (Wildman–Crippen MR) is 73.2 cm³/mol. The maximum atomic E-state index is 11.1. The first-order chi connectivity index (χ1) is 9.50. The van der Waals surface area contributed by atoms with Gasteiger partial charge < -0.3 is 10.5 Å². The monoisotopic (exact) mass is 272 g/mol. The normalized spacial score (nSPS) is 10.1. The number of ether oxygens (including phenoxy) is 1. The zero-order valence-corrected chi connectivity index (χ0v) is 10.7. The second kappa shape index (κ2) is 5.35. The van der Waals surface area contributed by atoms with Crippen molar-refractivity contribution in [3.8, 4) is 11.5 Å². The fourth-order valence-electron chi connectivity index (χ4n) is 1.74. The highest BCUT2D eigenvalue weighted by Crippen LogP contribution is 2.34. The number of benzene rings is 1. The van der Waals surface area contributed by atoms with Crippen LogP contribution >= 0.6 is 0 Å². The van der Waals surface area contributed by atoms with Crippen molar-refractivity contribution in [1.29, 1.82) is 5.41 Å². The van der Waals surface area contributed by atoms with E-state index in [9.17, 15) is 10.1 Å². The second-order valence-electron chi connectivity index (χ2n) is 4.04. The summed E-state index contributed by atoms with van der Waals surface area (Å²) in [5.74, 6) is 0.0232. The average molecular weight is 272 g/mol. The third-order valence-electron chi connectivity index (χ3n) is 2.63. The molecule has 0 amide bonds. The van der Waals surface area contributed by atoms with Crippen molar-refractivity contribution in [3.05, 3.63) is 57.9 Å². The molecular formula is C13H12N4O3. The Morgan fingerprint density at radius 3 is 2.70 bits per heavy atom. The Bertz CT molecular complexity index is 685. The number of hydrogen-bond acceptors (Lipinski definition) is 5. The zero-order valence-electron chi connectivity index (χ0n) is 10.7. The van der Waals surface area contributed by atoms with Crippen LogP contribution in [0.5, 0.6) is 11.5 Å². The van der Waals surface area contributed by atoms with Gasteiger partial charge in [-0.25, -0.2) is 4.98 Å². The number of nitrogens with two attached hydrogens (primary N) is 1. The van der Waals surface area contributed by atoms with E-state index in [1.807, 2.05) is 0 Å². The number of hydrogen-bond donors (Lipinski definition) is 2. The molecule has 1 aromatic carbocycles. The van der Waals surface area contributed by atoms with E-state index in [2.05, 4.69) is 4.98 Å². The van der Waals surface area contributed by atoms with Crippen LogP contribution in [0.25, 0.3) is 0 Å². The molecule has 0 aliphatic heterocycles. The summed E-state index contributed by atoms with van der Waals surface area (Å²) in [6.45, 7) is 1.63. The molecule has 0 aliphatic carbocycles. The smallest absolute Gasteiger partial charge is 0.314 e. The number of nitrogens with zero attached hydrogens (tertiary/aromatic N) is 2. The van der Waals surface area contributed by atoms with Gasteiger partial charge in [-0.1, -0.05) is 12.1 Å². The van der Waals surface area contributed by atoms with Crippen molar-refractivity contribution in [2.75, 3.05) is 0 Å². The van der Waals surface area contributed by atoms with Crippen LogP contribution in [0.4, 0.5) is 5.69 Å². The van der Waals surface area contributed by atoms with Gasteiger partial charge in [-0.2, -0.15) is 0 Å². The van der Waals surface area contributed by atoms with Crippen LogP contribution in [0.15, 0.2) is 36.5 Å². The molecule has 0 unspecified atom stereocenters. The first kappa shape index (κ1) is 13.5. The number of rotatable bonds is 4. The van der Waals surface area contributed by atoms with Crippen molar-refractivity contribution in [1.82, 2.24) is 4.98 Å². The first-order valence-corrected chi connectivity index (χ1v) is 5.72. The minimum absolute atomic E-state index is 0.0884. The van der Waals surface area contributed by atoms with Crippen LogP contribution < -0.4 is 10.5 Å². The third kappa shape index (κ3) is 2.56. The fraction of sp³-hybridized carbons (Fsp3) is 0.0769. The van der Waals surface area contributed by atoms with E-state index in [1.54, 1.807) is 31.2 Å². The molecule has 3 N–H and O–H groups in total. The fourth-order valence-corrected chi connectivity index (χ4v) is 1.74. The number of pyridine rings is 1. The molecule has 2 rings (SSSR count). The van der Waals surface area contributed by atoms with Gasteiger partial charge in [0.1, 0.15) is 11.5 Å². The number of aryl methyl sites for hydroxylation is 1. The number of nitro benzene ring substituents is 1. The molecule has 0 saturated carbocycles. The topological polar surface area (TPSA) is 115 Å². The SMILES string of the molecule is Cc1cccc(Oc2cccnc2C(=N)N)c1[N+](=O)[O-]. The molecule has 7 nitrogen and oxygen atoms in total. The first-order valence-electron chi connectivity index (χ1n) is 5.72. The van der Waals surface area contributed by atoms with E-state index in [1.165, 1.54) is 12.3 Å². The summed E-state index contributed by atoms with van der Waals surface area (Å²) in [6, 6.07) is 7.92. The molecule has 0 radical (unpaired) electrons. The molecule has 0 bridgehead atoms. The highest BCUT2D eigenvalue weighted by molar-refractivity contribution is 5.95. The number of nitrogen functional groups attached to an aromatic ring is 1. The van der Waals surface area contributed by atoms with Gasteiger partial charge >= 0.3 is 5.69 Å². The lowest BCUT2D eigenvalue weighted by molar-refractivity contribution is -0.386. The summed E-state index contributed by atoms with van der Waals surface area (Å²) in [5, 5.41) is 18.5. The van der Waals surface area contributed by atoms with Gasteiger partial charge in [0.25, 0.3) is 0 Å². The molecule has 0 saturated heterocycles. The molecule has 2 aromatic rings. The van der Waals surface area contributed by atoms with Crippen molar-refractivity contribution in [2.45, 2.75) is 6.92 Å². The van der Waals surface area contributed by atoms with Crippen molar-refractivity contribution in [3.63, 3.8) is 0 Å². The Kier molecular flexibility index (Phi) is 3.60. The second-order valence-corrected chi connectivity index (χ2v) is 4.04. The summed E-state index contributed by atoms with van der Waals surface area (Å²) in [7, 11) is 0. The van der Waals surface area contributed by atoms with E-state index in [4.69, 9.17) is 15.9 Å². The molecule has 0 spiro atoms. The lowest BCUT2D eigenvalue weighted by Gasteiger charge is -2.10. The molecule has 0 atom stereocenters. The van der Waals surface area contributed by atoms with E-state index in [0.29, 0.717) is 5.56 Å². The van der Waals surface area contributed by atoms with E-state index in [0.717, 1.165) is 0 Å². The van der Waals surface area contributed by atoms with Gasteiger partial charge in [0.15, 0.2) is 5.75 Å². The van der Waals surface area contributed by atoms with Crippen molar-refractivity contribution < 1.29 is 9.66 Å². The van der Waals surface area contributed by atoms with Crippen molar-refractivity contribution in [2.24, 2.45) is 5.73 Å². The number of amidine groups is 1. The number of nitro groups is 1. The van der Waals surface area contributed by atoms with Crippen LogP contribution in [0.1, 0.15) is 11.3 Å². The summed E-state index contributed by atoms with van der Waals surface area (Å²) < 4.78 is 5.52. The molecule has 0 fully saturated rings. The van der Waals surface area contributed by atoms with Gasteiger partial charge in [0.05, 0.1) is 4.92 Å². The van der Waals surface area contributed by atoms with Crippen LogP contribution in [0.3, 0.4) is 0 Å². The molecular weight excluding hydrogens is 260 g/mol. The van der Waals surface area contributed by atoms with Gasteiger partial charge in [-0.05, 0) is 25.1 Å². The number of para-hydroxylation sites is 1. The van der Waals surface area contributed by atoms with Gasteiger partial charge in [0.2, 0.25) is 5.75 Å². The van der Waals surface area contributed by atoms with E-state index in [-0.39, 0.29) is 28.7 Å². The molecule has 7 heteroatoms. The number of aromatic nitrogens is 1. The van der Waals surface area contributed by atoms with Crippen LogP contribution in [0.2, 0.25) is 0 Å². The average Bonchev–Trinajstić information content (AvgIpc) is 2.38. The standard InChI is InChI=1S/C13H12N4O3/c1-8-4-2-5-10(12(8)17(18)19)20-9-6-3-7-16-11(9)13(14)15/h2-7H,1H3,(H3,14,15).